The zero-order valence-electron chi connectivity index (χ0n) is 11.8. The van der Waals surface area contributed by atoms with E-state index in [1.54, 1.807) is 0 Å². The predicted octanol–water partition coefficient (Wildman–Crippen LogP) is -0.903. The van der Waals surface area contributed by atoms with Crippen molar-refractivity contribution in [2.75, 3.05) is 13.6 Å². The van der Waals surface area contributed by atoms with Crippen LogP contribution in [0.4, 0.5) is 4.79 Å². The van der Waals surface area contributed by atoms with E-state index in [2.05, 4.69) is 15.5 Å². The Bertz CT molecular complexity index is 384. The van der Waals surface area contributed by atoms with Gasteiger partial charge in [0.25, 0.3) is 0 Å². The van der Waals surface area contributed by atoms with E-state index in [1.165, 1.54) is 12.8 Å². The van der Waals surface area contributed by atoms with Crippen LogP contribution in [0.5, 0.6) is 0 Å². The number of carboxylic acid groups (broad SMARTS) is 1. The molecular weight excluding hydrogens is 264 g/mol. The first kappa shape index (κ1) is 16.2. The molecule has 0 saturated heterocycles. The van der Waals surface area contributed by atoms with Crippen LogP contribution in [-0.2, 0) is 9.59 Å². The maximum atomic E-state index is 11.6. The van der Waals surface area contributed by atoms with E-state index >= 15 is 0 Å². The van der Waals surface area contributed by atoms with Gasteiger partial charge in [0.2, 0.25) is 5.91 Å². The van der Waals surface area contributed by atoms with Crippen molar-refractivity contribution in [2.24, 2.45) is 5.73 Å². The summed E-state index contributed by atoms with van der Waals surface area (Å²) >= 11 is 0. The lowest BCUT2D eigenvalue weighted by Gasteiger charge is -2.25. The highest BCUT2D eigenvalue weighted by atomic mass is 16.4. The van der Waals surface area contributed by atoms with Crippen LogP contribution in [0.2, 0.25) is 0 Å². The van der Waals surface area contributed by atoms with E-state index in [0.29, 0.717) is 12.6 Å². The lowest BCUT2D eigenvalue weighted by molar-refractivity contribution is -0.140. The lowest BCUT2D eigenvalue weighted by atomic mass is 10.2. The molecule has 0 aromatic rings. The highest BCUT2D eigenvalue weighted by Gasteiger charge is 2.29. The summed E-state index contributed by atoms with van der Waals surface area (Å²) in [6, 6.07) is -1.18. The number of nitrogens with zero attached hydrogens (tertiary/aromatic N) is 1. The van der Waals surface area contributed by atoms with Gasteiger partial charge in [0, 0.05) is 18.6 Å². The van der Waals surface area contributed by atoms with E-state index in [-0.39, 0.29) is 6.04 Å². The summed E-state index contributed by atoms with van der Waals surface area (Å²) in [5, 5.41) is 13.7. The number of likely N-dealkylation sites (N-methyl/N-ethyl adjacent to an activating group) is 1. The molecule has 114 valence electrons. The minimum absolute atomic E-state index is 0.160. The van der Waals surface area contributed by atoms with Crippen molar-refractivity contribution in [3.63, 3.8) is 0 Å². The number of carbonyl (C=O) groups is 3. The molecule has 5 N–H and O–H groups in total. The molecule has 1 fully saturated rings. The average molecular weight is 286 g/mol. The third-order valence-electron chi connectivity index (χ3n) is 3.38. The quantitative estimate of drug-likeness (QED) is 0.460. The van der Waals surface area contributed by atoms with Crippen molar-refractivity contribution in [2.45, 2.75) is 44.3 Å². The molecule has 2 atom stereocenters. The molecule has 20 heavy (non-hydrogen) atoms. The van der Waals surface area contributed by atoms with Crippen molar-refractivity contribution in [3.8, 4) is 0 Å². The fraction of sp³-hybridized carbons (Fsp3) is 0.750. The van der Waals surface area contributed by atoms with Crippen molar-refractivity contribution in [3.05, 3.63) is 0 Å². The maximum Gasteiger partial charge on any atom is 0.326 e. The molecule has 1 aliphatic carbocycles. The third-order valence-corrected chi connectivity index (χ3v) is 3.38. The zero-order chi connectivity index (χ0) is 15.3. The van der Waals surface area contributed by atoms with E-state index in [0.717, 1.165) is 0 Å². The van der Waals surface area contributed by atoms with Crippen LogP contribution in [0.1, 0.15) is 26.2 Å². The third kappa shape index (κ3) is 5.43. The molecule has 8 heteroatoms. The van der Waals surface area contributed by atoms with Crippen molar-refractivity contribution in [1.82, 2.24) is 15.5 Å². The molecule has 0 heterocycles. The molecule has 0 aliphatic heterocycles. The summed E-state index contributed by atoms with van der Waals surface area (Å²) in [5.74, 6) is -2.07. The average Bonchev–Trinajstić information content (AvgIpc) is 3.17. The number of aliphatic carboxylic acids is 1. The number of carboxylic acids is 1. The van der Waals surface area contributed by atoms with Gasteiger partial charge in [0.1, 0.15) is 6.04 Å². The summed E-state index contributed by atoms with van der Waals surface area (Å²) in [6.45, 7) is 2.39. The number of hydrogen-bond acceptors (Lipinski definition) is 4. The van der Waals surface area contributed by atoms with Crippen molar-refractivity contribution in [1.29, 1.82) is 0 Å². The number of carbonyl (C=O) groups excluding carboxylic acids is 2. The number of hydrogen-bond donors (Lipinski definition) is 4. The first-order valence-corrected chi connectivity index (χ1v) is 6.58. The van der Waals surface area contributed by atoms with Gasteiger partial charge in [-0.15, -0.1) is 0 Å². The molecule has 2 unspecified atom stereocenters. The van der Waals surface area contributed by atoms with E-state index in [9.17, 15) is 14.4 Å². The van der Waals surface area contributed by atoms with Crippen LogP contribution < -0.4 is 16.4 Å². The van der Waals surface area contributed by atoms with Crippen LogP contribution in [0.3, 0.4) is 0 Å². The summed E-state index contributed by atoms with van der Waals surface area (Å²) in [6.07, 6.45) is 1.92. The van der Waals surface area contributed by atoms with E-state index in [1.807, 2.05) is 14.0 Å². The van der Waals surface area contributed by atoms with Gasteiger partial charge >= 0.3 is 12.0 Å². The number of urea groups is 1. The second-order valence-electron chi connectivity index (χ2n) is 5.16. The van der Waals surface area contributed by atoms with Gasteiger partial charge in [-0.3, -0.25) is 9.69 Å². The first-order chi connectivity index (χ1) is 9.31. The Labute approximate surface area is 117 Å². The second-order valence-corrected chi connectivity index (χ2v) is 5.16. The van der Waals surface area contributed by atoms with Crippen LogP contribution in [0, 0.1) is 0 Å². The second kappa shape index (κ2) is 7.09. The van der Waals surface area contributed by atoms with E-state index in [4.69, 9.17) is 10.8 Å². The fourth-order valence-electron chi connectivity index (χ4n) is 1.84. The molecule has 1 saturated carbocycles. The normalized spacial score (nSPS) is 17.4. The number of rotatable bonds is 8. The smallest absolute Gasteiger partial charge is 0.326 e. The van der Waals surface area contributed by atoms with Crippen LogP contribution in [0.15, 0.2) is 0 Å². The summed E-state index contributed by atoms with van der Waals surface area (Å²) < 4.78 is 0. The van der Waals surface area contributed by atoms with Gasteiger partial charge in [-0.05, 0) is 26.8 Å². The number of nitrogens with one attached hydrogen (secondary N) is 2. The van der Waals surface area contributed by atoms with E-state index < -0.39 is 30.4 Å². The highest BCUT2D eigenvalue weighted by molar-refractivity contribution is 5.87. The molecule has 0 aromatic carbocycles. The highest BCUT2D eigenvalue weighted by Crippen LogP contribution is 2.26. The Morgan fingerprint density at radius 3 is 2.45 bits per heavy atom. The van der Waals surface area contributed by atoms with Crippen LogP contribution >= 0.6 is 0 Å². The zero-order valence-corrected chi connectivity index (χ0v) is 11.8. The van der Waals surface area contributed by atoms with Gasteiger partial charge in [0.15, 0.2) is 0 Å². The van der Waals surface area contributed by atoms with Crippen molar-refractivity contribution >= 4 is 17.9 Å². The topological polar surface area (TPSA) is 125 Å². The van der Waals surface area contributed by atoms with Crippen molar-refractivity contribution < 1.29 is 19.5 Å². The molecule has 3 amide bonds. The van der Waals surface area contributed by atoms with Gasteiger partial charge in [0.05, 0.1) is 6.42 Å². The largest absolute Gasteiger partial charge is 0.480 e. The SMILES string of the molecule is CC(CNC(=O)NC(CC(N)=O)C(=O)O)N(C)C1CC1. The Kier molecular flexibility index (Phi) is 5.75. The number of amides is 3. The molecule has 0 aromatic heterocycles. The Morgan fingerprint density at radius 1 is 1.40 bits per heavy atom. The molecule has 1 rings (SSSR count). The minimum atomic E-state index is -1.30. The van der Waals surface area contributed by atoms with Gasteiger partial charge in [-0.2, -0.15) is 0 Å². The molecular formula is C12H22N4O4. The summed E-state index contributed by atoms with van der Waals surface area (Å²) in [4.78, 5) is 35.3. The fourth-order valence-corrected chi connectivity index (χ4v) is 1.84. The molecule has 8 nitrogen and oxygen atoms in total. The summed E-state index contributed by atoms with van der Waals surface area (Å²) in [7, 11) is 2.00. The monoisotopic (exact) mass is 286 g/mol. The maximum absolute atomic E-state index is 11.6. The van der Waals surface area contributed by atoms with Gasteiger partial charge < -0.3 is 21.5 Å². The standard InChI is InChI=1S/C12H22N4O4/c1-7(16(2)8-3-4-8)6-14-12(20)15-9(11(18)19)5-10(13)17/h7-9H,3-6H2,1-2H3,(H2,13,17)(H,18,19)(H2,14,15,20). The molecule has 1 aliphatic rings. The van der Waals surface area contributed by atoms with Gasteiger partial charge in [-0.1, -0.05) is 0 Å². The minimum Gasteiger partial charge on any atom is -0.480 e. The Balaban J connectivity index is 2.33. The van der Waals surface area contributed by atoms with Crippen LogP contribution in [0.25, 0.3) is 0 Å². The Hall–Kier alpha value is -1.83. The summed E-state index contributed by atoms with van der Waals surface area (Å²) in [5.41, 5.74) is 4.93. The first-order valence-electron chi connectivity index (χ1n) is 6.58. The predicted molar refractivity (Wildman–Crippen MR) is 72.0 cm³/mol. The molecule has 0 bridgehead atoms. The molecule has 0 radical (unpaired) electrons. The Morgan fingerprint density at radius 2 is 2.00 bits per heavy atom. The lowest BCUT2D eigenvalue weighted by Crippen LogP contribution is -2.50. The number of nitrogens with two attached hydrogens (primary N) is 1. The molecule has 0 spiro atoms. The van der Waals surface area contributed by atoms with Gasteiger partial charge in [-0.25, -0.2) is 9.59 Å². The van der Waals surface area contributed by atoms with Crippen LogP contribution in [-0.4, -0.2) is 59.6 Å². The number of primary amides is 1.